The van der Waals surface area contributed by atoms with Gasteiger partial charge in [0.15, 0.2) is 5.96 Å². The summed E-state index contributed by atoms with van der Waals surface area (Å²) in [5, 5.41) is 11.2. The van der Waals surface area contributed by atoms with Gasteiger partial charge in [0.05, 0.1) is 18.5 Å². The lowest BCUT2D eigenvalue weighted by molar-refractivity contribution is 0.409. The molecule has 2 aromatic rings. The Morgan fingerprint density at radius 3 is 2.84 bits per heavy atom. The fraction of sp³-hybridized carbons (Fsp3) is 0.556. The molecule has 1 aliphatic carbocycles. The maximum absolute atomic E-state index is 5.39. The Kier molecular flexibility index (Phi) is 8.30. The number of halogens is 1. The van der Waals surface area contributed by atoms with Crippen LogP contribution in [0.15, 0.2) is 40.1 Å². The Morgan fingerprint density at radius 1 is 1.32 bits per heavy atom. The summed E-state index contributed by atoms with van der Waals surface area (Å²) in [7, 11) is 1.95. The number of aryl methyl sites for hydroxylation is 1. The second-order valence-electron chi connectivity index (χ2n) is 6.35. The number of hydrogen-bond acceptors (Lipinski definition) is 3. The number of hydrogen-bond donors (Lipinski definition) is 2. The van der Waals surface area contributed by atoms with Gasteiger partial charge in [-0.2, -0.15) is 5.10 Å². The van der Waals surface area contributed by atoms with Gasteiger partial charge in [-0.3, -0.25) is 4.68 Å². The molecule has 1 saturated carbocycles. The van der Waals surface area contributed by atoms with Gasteiger partial charge in [-0.1, -0.05) is 19.3 Å². The zero-order valence-corrected chi connectivity index (χ0v) is 17.1. The molecule has 0 bridgehead atoms. The van der Waals surface area contributed by atoms with E-state index >= 15 is 0 Å². The molecule has 6 nitrogen and oxygen atoms in total. The maximum Gasteiger partial charge on any atom is 0.191 e. The number of aromatic nitrogens is 2. The molecule has 2 N–H and O–H groups in total. The Bertz CT molecular complexity index is 632. The summed E-state index contributed by atoms with van der Waals surface area (Å²) in [5.74, 6) is 1.88. The molecule has 0 atom stereocenters. The van der Waals surface area contributed by atoms with Crippen molar-refractivity contribution < 1.29 is 4.42 Å². The number of aliphatic imine (C=N–C) groups is 1. The Hall–Kier alpha value is -1.51. The molecular weight excluding hydrogens is 429 g/mol. The van der Waals surface area contributed by atoms with Gasteiger partial charge >= 0.3 is 0 Å². The van der Waals surface area contributed by atoms with Crippen LogP contribution in [0.2, 0.25) is 0 Å². The summed E-state index contributed by atoms with van der Waals surface area (Å²) in [4.78, 5) is 4.74. The van der Waals surface area contributed by atoms with E-state index in [1.807, 2.05) is 36.1 Å². The fourth-order valence-electron chi connectivity index (χ4n) is 3.07. The van der Waals surface area contributed by atoms with E-state index in [0.29, 0.717) is 12.6 Å². The number of furan rings is 1. The van der Waals surface area contributed by atoms with Crippen LogP contribution in [0.1, 0.15) is 43.6 Å². The van der Waals surface area contributed by atoms with Gasteiger partial charge in [0.1, 0.15) is 5.76 Å². The third-order valence-corrected chi connectivity index (χ3v) is 4.51. The van der Waals surface area contributed by atoms with Crippen LogP contribution < -0.4 is 10.6 Å². The van der Waals surface area contributed by atoms with E-state index in [-0.39, 0.29) is 24.0 Å². The smallest absolute Gasteiger partial charge is 0.191 e. The minimum atomic E-state index is 0. The second-order valence-corrected chi connectivity index (χ2v) is 6.35. The molecule has 0 saturated heterocycles. The van der Waals surface area contributed by atoms with Crippen molar-refractivity contribution in [1.29, 1.82) is 0 Å². The van der Waals surface area contributed by atoms with Crippen LogP contribution in [-0.4, -0.2) is 28.3 Å². The van der Waals surface area contributed by atoms with Gasteiger partial charge in [-0.25, -0.2) is 4.99 Å². The van der Waals surface area contributed by atoms with Crippen molar-refractivity contribution in [3.05, 3.63) is 42.1 Å². The fourth-order valence-corrected chi connectivity index (χ4v) is 3.07. The number of guanidine groups is 1. The Balaban J connectivity index is 0.00000225. The molecule has 138 valence electrons. The van der Waals surface area contributed by atoms with E-state index in [4.69, 9.17) is 9.41 Å². The minimum Gasteiger partial charge on any atom is -0.469 e. The van der Waals surface area contributed by atoms with Gasteiger partial charge in [0.2, 0.25) is 0 Å². The first kappa shape index (κ1) is 19.8. The van der Waals surface area contributed by atoms with Gasteiger partial charge in [-0.05, 0) is 31.0 Å². The minimum absolute atomic E-state index is 0. The summed E-state index contributed by atoms with van der Waals surface area (Å²) in [6.07, 6.45) is 10.8. The Morgan fingerprint density at radius 2 is 2.16 bits per heavy atom. The molecule has 0 spiro atoms. The van der Waals surface area contributed by atoms with Crippen molar-refractivity contribution >= 4 is 29.9 Å². The molecule has 25 heavy (non-hydrogen) atoms. The summed E-state index contributed by atoms with van der Waals surface area (Å²) in [6, 6.07) is 6.46. The van der Waals surface area contributed by atoms with Crippen LogP contribution in [0.3, 0.4) is 0 Å². The van der Waals surface area contributed by atoms with Crippen LogP contribution in [0.4, 0.5) is 0 Å². The molecule has 2 aromatic heterocycles. The number of nitrogens with zero attached hydrogens (tertiary/aromatic N) is 3. The van der Waals surface area contributed by atoms with Gasteiger partial charge < -0.3 is 15.1 Å². The highest BCUT2D eigenvalue weighted by molar-refractivity contribution is 14.0. The van der Waals surface area contributed by atoms with E-state index in [1.165, 1.54) is 32.1 Å². The zero-order chi connectivity index (χ0) is 16.6. The standard InChI is InChI=1S/C18H27N5O.HI/c1-23-16(9-12-21-23)14-20-18(22-15-6-3-2-4-7-15)19-11-10-17-8-5-13-24-17;/h5,8-9,12-13,15H,2-4,6-7,10-11,14H2,1H3,(H2,19,20,22);1H. The molecule has 0 radical (unpaired) electrons. The van der Waals surface area contributed by atoms with Crippen LogP contribution in [0.5, 0.6) is 0 Å². The molecule has 1 aliphatic rings. The van der Waals surface area contributed by atoms with E-state index < -0.39 is 0 Å². The number of rotatable bonds is 6. The van der Waals surface area contributed by atoms with Crippen LogP contribution in [0.25, 0.3) is 0 Å². The lowest BCUT2D eigenvalue weighted by atomic mass is 9.96. The summed E-state index contributed by atoms with van der Waals surface area (Å²) in [5.41, 5.74) is 1.10. The average Bonchev–Trinajstić information content (AvgIpc) is 3.25. The molecule has 2 heterocycles. The molecule has 0 aliphatic heterocycles. The quantitative estimate of drug-likeness (QED) is 0.397. The van der Waals surface area contributed by atoms with Gasteiger partial charge in [0.25, 0.3) is 0 Å². The highest BCUT2D eigenvalue weighted by Crippen LogP contribution is 2.17. The van der Waals surface area contributed by atoms with Crippen molar-refractivity contribution in [3.63, 3.8) is 0 Å². The predicted molar refractivity (Wildman–Crippen MR) is 110 cm³/mol. The first-order chi connectivity index (χ1) is 11.8. The zero-order valence-electron chi connectivity index (χ0n) is 14.8. The maximum atomic E-state index is 5.39. The normalized spacial score (nSPS) is 15.6. The highest BCUT2D eigenvalue weighted by atomic mass is 127. The third-order valence-electron chi connectivity index (χ3n) is 4.51. The van der Waals surface area contributed by atoms with E-state index in [1.54, 1.807) is 6.26 Å². The lowest BCUT2D eigenvalue weighted by Crippen LogP contribution is -2.44. The molecule has 0 aromatic carbocycles. The Labute approximate surface area is 166 Å². The summed E-state index contributed by atoms with van der Waals surface area (Å²) < 4.78 is 7.25. The molecule has 7 heteroatoms. The first-order valence-corrected chi connectivity index (χ1v) is 8.85. The summed E-state index contributed by atoms with van der Waals surface area (Å²) in [6.45, 7) is 1.43. The average molecular weight is 457 g/mol. The van der Waals surface area contributed by atoms with Crippen molar-refractivity contribution in [2.45, 2.75) is 51.1 Å². The molecule has 0 unspecified atom stereocenters. The highest BCUT2D eigenvalue weighted by Gasteiger charge is 2.14. The SMILES string of the molecule is Cn1nccc1CN=C(NCCc1ccco1)NC1CCCCC1.I. The van der Waals surface area contributed by atoms with Crippen molar-refractivity contribution in [3.8, 4) is 0 Å². The predicted octanol–water partition coefficient (Wildman–Crippen LogP) is 3.24. The topological polar surface area (TPSA) is 67.4 Å². The second kappa shape index (κ2) is 10.5. The summed E-state index contributed by atoms with van der Waals surface area (Å²) >= 11 is 0. The van der Waals surface area contributed by atoms with Crippen LogP contribution >= 0.6 is 24.0 Å². The van der Waals surface area contributed by atoms with Crippen molar-refractivity contribution in [2.75, 3.05) is 6.54 Å². The van der Waals surface area contributed by atoms with Gasteiger partial charge in [0, 0.05) is 32.3 Å². The first-order valence-electron chi connectivity index (χ1n) is 8.85. The molecular formula is C18H28IN5O. The molecule has 3 rings (SSSR count). The van der Waals surface area contributed by atoms with Crippen LogP contribution in [0, 0.1) is 0 Å². The largest absolute Gasteiger partial charge is 0.469 e. The van der Waals surface area contributed by atoms with E-state index in [2.05, 4.69) is 15.7 Å². The monoisotopic (exact) mass is 457 g/mol. The molecule has 1 fully saturated rings. The molecule has 0 amide bonds. The van der Waals surface area contributed by atoms with Crippen LogP contribution in [-0.2, 0) is 20.0 Å². The lowest BCUT2D eigenvalue weighted by Gasteiger charge is -2.25. The third kappa shape index (κ3) is 6.37. The van der Waals surface area contributed by atoms with E-state index in [9.17, 15) is 0 Å². The number of nitrogens with one attached hydrogen (secondary N) is 2. The van der Waals surface area contributed by atoms with Crippen molar-refractivity contribution in [1.82, 2.24) is 20.4 Å². The van der Waals surface area contributed by atoms with Crippen molar-refractivity contribution in [2.24, 2.45) is 12.0 Å². The van der Waals surface area contributed by atoms with E-state index in [0.717, 1.165) is 30.4 Å². The van der Waals surface area contributed by atoms with Gasteiger partial charge in [-0.15, -0.1) is 24.0 Å².